The first-order valence-electron chi connectivity index (χ1n) is 8.22. The fourth-order valence-electron chi connectivity index (χ4n) is 2.51. The van der Waals surface area contributed by atoms with Gasteiger partial charge in [0.2, 0.25) is 0 Å². The van der Waals surface area contributed by atoms with E-state index < -0.39 is 10.0 Å². The van der Waals surface area contributed by atoms with Crippen molar-refractivity contribution in [2.75, 3.05) is 16.3 Å². The molecular formula is C20H17ClN2O3S2. The van der Waals surface area contributed by atoms with Crippen LogP contribution in [-0.2, 0) is 10.0 Å². The van der Waals surface area contributed by atoms with Crippen LogP contribution in [0.1, 0.15) is 10.4 Å². The Morgan fingerprint density at radius 1 is 0.929 bits per heavy atom. The third-order valence-electron chi connectivity index (χ3n) is 3.85. The average molecular weight is 433 g/mol. The molecule has 3 rings (SSSR count). The molecule has 1 amide bonds. The zero-order valence-corrected chi connectivity index (χ0v) is 17.2. The van der Waals surface area contributed by atoms with Gasteiger partial charge in [0.25, 0.3) is 15.9 Å². The van der Waals surface area contributed by atoms with Crippen molar-refractivity contribution in [2.24, 2.45) is 0 Å². The molecule has 0 bridgehead atoms. The molecular weight excluding hydrogens is 416 g/mol. The Balaban J connectivity index is 1.75. The average Bonchev–Trinajstić information content (AvgIpc) is 2.68. The second kappa shape index (κ2) is 8.68. The van der Waals surface area contributed by atoms with Crippen LogP contribution >= 0.6 is 23.4 Å². The molecule has 0 saturated heterocycles. The normalized spacial score (nSPS) is 11.1. The van der Waals surface area contributed by atoms with Crippen molar-refractivity contribution in [3.63, 3.8) is 0 Å². The number of thioether (sulfide) groups is 1. The molecule has 0 spiro atoms. The Bertz CT molecular complexity index is 1100. The van der Waals surface area contributed by atoms with Gasteiger partial charge < -0.3 is 5.32 Å². The molecule has 0 fully saturated rings. The van der Waals surface area contributed by atoms with Crippen LogP contribution in [0.25, 0.3) is 0 Å². The minimum absolute atomic E-state index is 0.0787. The lowest BCUT2D eigenvalue weighted by Crippen LogP contribution is -2.14. The van der Waals surface area contributed by atoms with Gasteiger partial charge in [0.05, 0.1) is 16.1 Å². The Morgan fingerprint density at radius 3 is 2.32 bits per heavy atom. The number of carbonyl (C=O) groups is 1. The maximum atomic E-state index is 12.5. The Kier molecular flexibility index (Phi) is 6.28. The van der Waals surface area contributed by atoms with Crippen molar-refractivity contribution in [1.82, 2.24) is 0 Å². The third-order valence-corrected chi connectivity index (χ3v) is 6.28. The minimum Gasteiger partial charge on any atom is -0.322 e. The summed E-state index contributed by atoms with van der Waals surface area (Å²) in [7, 11) is -3.76. The van der Waals surface area contributed by atoms with Gasteiger partial charge in [-0.05, 0) is 60.9 Å². The molecule has 0 heterocycles. The fraction of sp³-hybridized carbons (Fsp3) is 0.0500. The zero-order valence-electron chi connectivity index (χ0n) is 14.8. The lowest BCUT2D eigenvalue weighted by molar-refractivity contribution is 0.102. The van der Waals surface area contributed by atoms with Gasteiger partial charge >= 0.3 is 0 Å². The summed E-state index contributed by atoms with van der Waals surface area (Å²) in [6.07, 6.45) is 1.90. The van der Waals surface area contributed by atoms with Crippen LogP contribution in [0.4, 0.5) is 11.4 Å². The van der Waals surface area contributed by atoms with E-state index in [0.29, 0.717) is 22.0 Å². The number of sulfonamides is 1. The van der Waals surface area contributed by atoms with E-state index in [1.807, 2.05) is 18.4 Å². The monoisotopic (exact) mass is 432 g/mol. The maximum Gasteiger partial charge on any atom is 0.261 e. The van der Waals surface area contributed by atoms with Crippen LogP contribution in [0, 0.1) is 0 Å². The fourth-order valence-corrected chi connectivity index (χ4v) is 4.35. The van der Waals surface area contributed by atoms with Gasteiger partial charge in [-0.2, -0.15) is 0 Å². The number of anilines is 2. The van der Waals surface area contributed by atoms with Crippen molar-refractivity contribution >= 4 is 50.7 Å². The molecule has 2 N–H and O–H groups in total. The van der Waals surface area contributed by atoms with Gasteiger partial charge in [0.15, 0.2) is 0 Å². The molecule has 8 heteroatoms. The lowest BCUT2D eigenvalue weighted by Gasteiger charge is -2.11. The van der Waals surface area contributed by atoms with E-state index in [0.717, 1.165) is 4.90 Å². The van der Waals surface area contributed by atoms with Crippen LogP contribution in [0.2, 0.25) is 5.02 Å². The summed E-state index contributed by atoms with van der Waals surface area (Å²) >= 11 is 7.37. The molecule has 3 aromatic carbocycles. The number of benzene rings is 3. The molecule has 0 unspecified atom stereocenters. The van der Waals surface area contributed by atoms with Crippen LogP contribution in [0.5, 0.6) is 0 Å². The number of hydrogen-bond donors (Lipinski definition) is 2. The molecule has 0 aliphatic rings. The van der Waals surface area contributed by atoms with Crippen LogP contribution in [0.3, 0.4) is 0 Å². The van der Waals surface area contributed by atoms with E-state index in [1.165, 1.54) is 30.0 Å². The standard InChI is InChI=1S/C20H17ClN2O3S2/c1-27-19-8-3-2-7-18(19)20(24)22-15-9-11-17(12-10-15)28(25,26)23-16-6-4-5-14(21)13-16/h2-13,23H,1H3,(H,22,24). The molecule has 0 aromatic heterocycles. The molecule has 3 aromatic rings. The second-order valence-electron chi connectivity index (χ2n) is 5.79. The molecule has 0 saturated carbocycles. The summed E-state index contributed by atoms with van der Waals surface area (Å²) in [6.45, 7) is 0. The number of nitrogens with one attached hydrogen (secondary N) is 2. The number of amides is 1. The van der Waals surface area contributed by atoms with Crippen LogP contribution < -0.4 is 10.0 Å². The van der Waals surface area contributed by atoms with E-state index in [9.17, 15) is 13.2 Å². The zero-order chi connectivity index (χ0) is 20.1. The van der Waals surface area contributed by atoms with E-state index in [2.05, 4.69) is 10.0 Å². The molecule has 0 atom stereocenters. The van der Waals surface area contributed by atoms with Gasteiger partial charge in [-0.1, -0.05) is 29.8 Å². The first kappa shape index (κ1) is 20.3. The number of hydrogen-bond acceptors (Lipinski definition) is 4. The first-order chi connectivity index (χ1) is 13.4. The topological polar surface area (TPSA) is 75.3 Å². The Morgan fingerprint density at radius 2 is 1.64 bits per heavy atom. The number of rotatable bonds is 6. The molecule has 5 nitrogen and oxygen atoms in total. The van der Waals surface area contributed by atoms with Gasteiger partial charge in [-0.15, -0.1) is 11.8 Å². The quantitative estimate of drug-likeness (QED) is 0.530. The van der Waals surface area contributed by atoms with Crippen molar-refractivity contribution in [3.05, 3.63) is 83.4 Å². The highest BCUT2D eigenvalue weighted by atomic mass is 35.5. The van der Waals surface area contributed by atoms with Gasteiger partial charge in [0.1, 0.15) is 0 Å². The predicted octanol–water partition coefficient (Wildman–Crippen LogP) is 5.12. The molecule has 0 aliphatic carbocycles. The Hall–Kier alpha value is -2.48. The van der Waals surface area contributed by atoms with Crippen molar-refractivity contribution in [1.29, 1.82) is 0 Å². The maximum absolute atomic E-state index is 12.5. The number of carbonyl (C=O) groups excluding carboxylic acids is 1. The largest absolute Gasteiger partial charge is 0.322 e. The predicted molar refractivity (Wildman–Crippen MR) is 115 cm³/mol. The van der Waals surface area contributed by atoms with E-state index in [4.69, 9.17) is 11.6 Å². The Labute approximate surface area is 173 Å². The van der Waals surface area contributed by atoms with Crippen LogP contribution in [0.15, 0.2) is 82.6 Å². The highest BCUT2D eigenvalue weighted by Crippen LogP contribution is 2.23. The highest BCUT2D eigenvalue weighted by molar-refractivity contribution is 7.98. The van der Waals surface area contributed by atoms with Gasteiger partial charge in [-0.25, -0.2) is 8.42 Å². The summed E-state index contributed by atoms with van der Waals surface area (Å²) < 4.78 is 27.5. The van der Waals surface area contributed by atoms with E-state index >= 15 is 0 Å². The van der Waals surface area contributed by atoms with Crippen molar-refractivity contribution in [2.45, 2.75) is 9.79 Å². The first-order valence-corrected chi connectivity index (χ1v) is 11.3. The lowest BCUT2D eigenvalue weighted by atomic mass is 10.2. The summed E-state index contributed by atoms with van der Waals surface area (Å²) in [5.41, 5.74) is 1.44. The van der Waals surface area contributed by atoms with Crippen molar-refractivity contribution < 1.29 is 13.2 Å². The smallest absolute Gasteiger partial charge is 0.261 e. The minimum atomic E-state index is -3.76. The summed E-state index contributed by atoms with van der Waals surface area (Å²) in [6, 6.07) is 19.7. The van der Waals surface area contributed by atoms with E-state index in [-0.39, 0.29) is 10.8 Å². The third kappa shape index (κ3) is 4.86. The molecule has 0 aliphatic heterocycles. The van der Waals surface area contributed by atoms with Crippen molar-refractivity contribution in [3.8, 4) is 0 Å². The molecule has 144 valence electrons. The second-order valence-corrected chi connectivity index (χ2v) is 8.76. The molecule has 28 heavy (non-hydrogen) atoms. The summed E-state index contributed by atoms with van der Waals surface area (Å²) in [5.74, 6) is -0.252. The highest BCUT2D eigenvalue weighted by Gasteiger charge is 2.15. The van der Waals surface area contributed by atoms with Gasteiger partial charge in [0, 0.05) is 15.6 Å². The van der Waals surface area contributed by atoms with Gasteiger partial charge in [-0.3, -0.25) is 9.52 Å². The van der Waals surface area contributed by atoms with E-state index in [1.54, 1.807) is 42.5 Å². The summed E-state index contributed by atoms with van der Waals surface area (Å²) in [4.78, 5) is 13.4. The molecule has 0 radical (unpaired) electrons. The SMILES string of the molecule is CSc1ccccc1C(=O)Nc1ccc(S(=O)(=O)Nc2cccc(Cl)c2)cc1. The van der Waals surface area contributed by atoms with Crippen LogP contribution in [-0.4, -0.2) is 20.6 Å². The summed E-state index contributed by atoms with van der Waals surface area (Å²) in [5, 5.41) is 3.22. The number of halogens is 1.